The van der Waals surface area contributed by atoms with Gasteiger partial charge in [-0.25, -0.2) is 0 Å². The van der Waals surface area contributed by atoms with Crippen molar-refractivity contribution in [2.24, 2.45) is 11.7 Å². The molecule has 0 saturated heterocycles. The van der Waals surface area contributed by atoms with Gasteiger partial charge in [0.1, 0.15) is 0 Å². The first-order chi connectivity index (χ1) is 6.47. The van der Waals surface area contributed by atoms with Gasteiger partial charge in [0.2, 0.25) is 0 Å². The van der Waals surface area contributed by atoms with Crippen molar-refractivity contribution in [1.29, 1.82) is 0 Å². The average Bonchev–Trinajstić information content (AvgIpc) is 2.02. The molecular weight excluding hydrogens is 192 g/mol. The van der Waals surface area contributed by atoms with Crippen molar-refractivity contribution in [2.45, 2.75) is 46.1 Å². The minimum Gasteiger partial charge on any atom is -0.393 e. The van der Waals surface area contributed by atoms with Crippen LogP contribution in [0.3, 0.4) is 0 Å². The smallest absolute Gasteiger partial charge is 0.0742 e. The fourth-order valence-corrected chi connectivity index (χ4v) is 1.94. The fourth-order valence-electron chi connectivity index (χ4n) is 1.70. The molecule has 14 heavy (non-hydrogen) atoms. The number of hydrogen-bond acceptors (Lipinski definition) is 2. The molecule has 2 N–H and O–H groups in total. The second kappa shape index (κ2) is 7.18. The monoisotopic (exact) mass is 216 g/mol. The van der Waals surface area contributed by atoms with Gasteiger partial charge in [-0.05, 0) is 26.3 Å². The summed E-state index contributed by atoms with van der Waals surface area (Å²) < 4.78 is 0. The summed E-state index contributed by atoms with van der Waals surface area (Å²) in [5, 5.41) is 0. The highest BCUT2D eigenvalue weighted by molar-refractivity contribution is 7.80. The Morgan fingerprint density at radius 1 is 1.43 bits per heavy atom. The molecule has 0 amide bonds. The highest BCUT2D eigenvalue weighted by atomic mass is 32.1. The molecule has 0 spiro atoms. The molecule has 0 aliphatic rings. The number of rotatable bonds is 7. The first kappa shape index (κ1) is 13.8. The molecule has 0 bridgehead atoms. The quantitative estimate of drug-likeness (QED) is 0.663. The van der Waals surface area contributed by atoms with Gasteiger partial charge in [0.25, 0.3) is 0 Å². The van der Waals surface area contributed by atoms with Crippen LogP contribution < -0.4 is 5.73 Å². The van der Waals surface area contributed by atoms with E-state index in [1.807, 2.05) is 0 Å². The molecule has 2 nitrogen and oxygen atoms in total. The van der Waals surface area contributed by atoms with Crippen molar-refractivity contribution in [3.8, 4) is 0 Å². The normalized spacial score (nSPS) is 15.5. The summed E-state index contributed by atoms with van der Waals surface area (Å²) in [6.45, 7) is 7.85. The van der Waals surface area contributed by atoms with Gasteiger partial charge in [-0.1, -0.05) is 32.5 Å². The van der Waals surface area contributed by atoms with Crippen LogP contribution in [0.25, 0.3) is 0 Å². The van der Waals surface area contributed by atoms with Crippen molar-refractivity contribution < 1.29 is 0 Å². The van der Waals surface area contributed by atoms with Gasteiger partial charge in [-0.3, -0.25) is 0 Å². The topological polar surface area (TPSA) is 29.3 Å². The fraction of sp³-hybridized carbons (Fsp3) is 0.909. The van der Waals surface area contributed by atoms with Crippen LogP contribution >= 0.6 is 12.2 Å². The standard InChI is InChI=1S/C11H24N2S/c1-5-6-9(2)8-13(4)10(3)7-11(12)14/h9-10H,5-8H2,1-4H3,(H2,12,14). The minimum atomic E-state index is 0.465. The lowest BCUT2D eigenvalue weighted by Gasteiger charge is -2.27. The van der Waals surface area contributed by atoms with E-state index in [4.69, 9.17) is 18.0 Å². The molecule has 0 aromatic carbocycles. The van der Waals surface area contributed by atoms with E-state index in [1.165, 1.54) is 12.8 Å². The molecule has 0 saturated carbocycles. The van der Waals surface area contributed by atoms with Crippen molar-refractivity contribution in [3.63, 3.8) is 0 Å². The zero-order chi connectivity index (χ0) is 11.1. The van der Waals surface area contributed by atoms with E-state index in [-0.39, 0.29) is 0 Å². The van der Waals surface area contributed by atoms with Gasteiger partial charge in [-0.2, -0.15) is 0 Å². The summed E-state index contributed by atoms with van der Waals surface area (Å²) in [6, 6.07) is 0.465. The van der Waals surface area contributed by atoms with Gasteiger partial charge in [-0.15, -0.1) is 0 Å². The summed E-state index contributed by atoms with van der Waals surface area (Å²) in [5.74, 6) is 0.763. The van der Waals surface area contributed by atoms with Gasteiger partial charge in [0.05, 0.1) is 4.99 Å². The Kier molecular flexibility index (Phi) is 7.11. The van der Waals surface area contributed by atoms with Gasteiger partial charge in [0.15, 0.2) is 0 Å². The third kappa shape index (κ3) is 6.33. The largest absolute Gasteiger partial charge is 0.393 e. The van der Waals surface area contributed by atoms with Crippen LogP contribution in [0.4, 0.5) is 0 Å². The summed E-state index contributed by atoms with van der Waals surface area (Å²) in [7, 11) is 2.15. The molecule has 0 aliphatic heterocycles. The Bertz CT molecular complexity index is 171. The molecule has 0 heterocycles. The third-order valence-electron chi connectivity index (χ3n) is 2.63. The van der Waals surface area contributed by atoms with Crippen molar-refractivity contribution in [1.82, 2.24) is 4.90 Å². The summed E-state index contributed by atoms with van der Waals surface area (Å²) in [5.41, 5.74) is 5.53. The van der Waals surface area contributed by atoms with Gasteiger partial charge in [0, 0.05) is 19.0 Å². The van der Waals surface area contributed by atoms with Crippen LogP contribution in [-0.4, -0.2) is 29.5 Å². The van der Waals surface area contributed by atoms with E-state index in [0.717, 1.165) is 18.9 Å². The summed E-state index contributed by atoms with van der Waals surface area (Å²) in [4.78, 5) is 2.96. The minimum absolute atomic E-state index is 0.465. The van der Waals surface area contributed by atoms with Crippen LogP contribution in [0.5, 0.6) is 0 Å². The van der Waals surface area contributed by atoms with Crippen molar-refractivity contribution >= 4 is 17.2 Å². The summed E-state index contributed by atoms with van der Waals surface area (Å²) in [6.07, 6.45) is 3.38. The predicted octanol–water partition coefficient (Wildman–Crippen LogP) is 2.42. The maximum atomic E-state index is 5.53. The van der Waals surface area contributed by atoms with E-state index in [1.54, 1.807) is 0 Å². The van der Waals surface area contributed by atoms with E-state index in [9.17, 15) is 0 Å². The lowest BCUT2D eigenvalue weighted by atomic mass is 10.0. The molecule has 84 valence electrons. The second-order valence-electron chi connectivity index (χ2n) is 4.35. The van der Waals surface area contributed by atoms with Crippen molar-refractivity contribution in [3.05, 3.63) is 0 Å². The predicted molar refractivity (Wildman–Crippen MR) is 67.6 cm³/mol. The van der Waals surface area contributed by atoms with Crippen LogP contribution in [0.1, 0.15) is 40.0 Å². The number of nitrogens with two attached hydrogens (primary N) is 1. The highest BCUT2D eigenvalue weighted by Gasteiger charge is 2.12. The zero-order valence-corrected chi connectivity index (χ0v) is 10.7. The Hall–Kier alpha value is -0.150. The van der Waals surface area contributed by atoms with Crippen LogP contribution in [-0.2, 0) is 0 Å². The molecule has 0 aromatic heterocycles. The van der Waals surface area contributed by atoms with E-state index in [2.05, 4.69) is 32.7 Å². The lowest BCUT2D eigenvalue weighted by Crippen LogP contribution is -2.35. The van der Waals surface area contributed by atoms with Crippen LogP contribution in [0, 0.1) is 5.92 Å². The molecule has 3 heteroatoms. The molecule has 0 radical (unpaired) electrons. The number of thiocarbonyl (C=S) groups is 1. The second-order valence-corrected chi connectivity index (χ2v) is 4.88. The average molecular weight is 216 g/mol. The van der Waals surface area contributed by atoms with Crippen molar-refractivity contribution in [2.75, 3.05) is 13.6 Å². The van der Waals surface area contributed by atoms with E-state index < -0.39 is 0 Å². The number of hydrogen-bond donors (Lipinski definition) is 1. The summed E-state index contributed by atoms with van der Waals surface area (Å²) >= 11 is 4.91. The van der Waals surface area contributed by atoms with Gasteiger partial charge < -0.3 is 10.6 Å². The van der Waals surface area contributed by atoms with Crippen LogP contribution in [0.2, 0.25) is 0 Å². The molecule has 2 atom stereocenters. The Labute approximate surface area is 93.8 Å². The zero-order valence-electron chi connectivity index (χ0n) is 9.92. The maximum absolute atomic E-state index is 5.53. The lowest BCUT2D eigenvalue weighted by molar-refractivity contribution is 0.223. The molecule has 0 aliphatic carbocycles. The third-order valence-corrected chi connectivity index (χ3v) is 2.80. The van der Waals surface area contributed by atoms with Gasteiger partial charge >= 0.3 is 0 Å². The SMILES string of the molecule is CCCC(C)CN(C)C(C)CC(N)=S. The molecule has 0 rings (SSSR count). The Morgan fingerprint density at radius 2 is 2.00 bits per heavy atom. The maximum Gasteiger partial charge on any atom is 0.0742 e. The van der Waals surface area contributed by atoms with E-state index >= 15 is 0 Å². The van der Waals surface area contributed by atoms with Crippen LogP contribution in [0.15, 0.2) is 0 Å². The Morgan fingerprint density at radius 3 is 2.43 bits per heavy atom. The first-order valence-corrected chi connectivity index (χ1v) is 5.86. The molecule has 2 unspecified atom stereocenters. The van der Waals surface area contributed by atoms with E-state index in [0.29, 0.717) is 11.0 Å². The molecule has 0 aromatic rings. The highest BCUT2D eigenvalue weighted by Crippen LogP contribution is 2.10. The molecular formula is C11H24N2S. The first-order valence-electron chi connectivity index (χ1n) is 5.45. The molecule has 0 fully saturated rings. The Balaban J connectivity index is 3.81. The number of nitrogens with zero attached hydrogens (tertiary/aromatic N) is 1.